The second-order valence-corrected chi connectivity index (χ2v) is 9.30. The summed E-state index contributed by atoms with van der Waals surface area (Å²) in [6.07, 6.45) is 13.2. The lowest BCUT2D eigenvalue weighted by molar-refractivity contribution is 0.395. The third kappa shape index (κ3) is 10.3. The Morgan fingerprint density at radius 2 is 1.50 bits per heavy atom. The first-order valence-corrected chi connectivity index (χ1v) is 11.9. The summed E-state index contributed by atoms with van der Waals surface area (Å²) in [6, 6.07) is 9.01. The van der Waals surface area contributed by atoms with Crippen molar-refractivity contribution in [3.05, 3.63) is 35.4 Å². The van der Waals surface area contributed by atoms with Crippen molar-refractivity contribution < 1.29 is 12.6 Å². The minimum atomic E-state index is -3.31. The van der Waals surface area contributed by atoms with Gasteiger partial charge in [-0.1, -0.05) is 83.1 Å². The summed E-state index contributed by atoms with van der Waals surface area (Å²) in [5.41, 5.74) is 2.78. The number of benzene rings is 1. The molecule has 0 aromatic heterocycles. The zero-order chi connectivity index (χ0) is 19.3. The van der Waals surface area contributed by atoms with Gasteiger partial charge in [-0.05, 0) is 42.7 Å². The number of hydrogen-bond donors (Lipinski definition) is 0. The second-order valence-electron chi connectivity index (χ2n) is 7.44. The molecule has 0 radical (unpaired) electrons. The van der Waals surface area contributed by atoms with Crippen LogP contribution in [-0.4, -0.2) is 21.3 Å². The highest BCUT2D eigenvalue weighted by Gasteiger charge is 2.10. The van der Waals surface area contributed by atoms with Crippen molar-refractivity contribution in [3.8, 4) is 0 Å². The van der Waals surface area contributed by atoms with Gasteiger partial charge >= 0.3 is 0 Å². The van der Waals surface area contributed by atoms with Crippen molar-refractivity contribution >= 4 is 10.1 Å². The van der Waals surface area contributed by atoms with E-state index in [9.17, 15) is 8.42 Å². The standard InChI is InChI=1S/C22H38O3S/c1-4-5-6-7-8-9-10-14-21-15-17-22(18-16-21)20(2)13-11-12-19-26(23,24)25-3/h15-18,20H,4-14,19H2,1-3H3. The van der Waals surface area contributed by atoms with Crippen LogP contribution in [0.4, 0.5) is 0 Å². The molecule has 1 rings (SSSR count). The highest BCUT2D eigenvalue weighted by molar-refractivity contribution is 7.86. The Morgan fingerprint density at radius 3 is 2.12 bits per heavy atom. The van der Waals surface area contributed by atoms with Crippen LogP contribution in [0.15, 0.2) is 24.3 Å². The molecule has 3 nitrogen and oxygen atoms in total. The monoisotopic (exact) mass is 382 g/mol. The Labute approximate surface area is 161 Å². The molecule has 1 atom stereocenters. The smallest absolute Gasteiger partial charge is 0.267 e. The normalized spacial score (nSPS) is 13.0. The van der Waals surface area contributed by atoms with E-state index in [1.807, 2.05) is 0 Å². The molecule has 0 N–H and O–H groups in total. The van der Waals surface area contributed by atoms with E-state index in [-0.39, 0.29) is 5.75 Å². The lowest BCUT2D eigenvalue weighted by atomic mass is 9.94. The molecule has 0 saturated carbocycles. The fourth-order valence-electron chi connectivity index (χ4n) is 3.28. The van der Waals surface area contributed by atoms with Crippen LogP contribution in [0, 0.1) is 0 Å². The second kappa shape index (κ2) is 13.3. The maximum absolute atomic E-state index is 11.3. The van der Waals surface area contributed by atoms with Crippen LogP contribution in [0.1, 0.15) is 95.1 Å². The average Bonchev–Trinajstić information content (AvgIpc) is 2.65. The van der Waals surface area contributed by atoms with E-state index >= 15 is 0 Å². The minimum Gasteiger partial charge on any atom is -0.273 e. The molecule has 1 aromatic carbocycles. The molecule has 26 heavy (non-hydrogen) atoms. The van der Waals surface area contributed by atoms with Crippen molar-refractivity contribution in [2.24, 2.45) is 0 Å². The topological polar surface area (TPSA) is 43.4 Å². The lowest BCUT2D eigenvalue weighted by Gasteiger charge is -2.12. The third-order valence-corrected chi connectivity index (χ3v) is 6.45. The van der Waals surface area contributed by atoms with Crippen LogP contribution >= 0.6 is 0 Å². The summed E-state index contributed by atoms with van der Waals surface area (Å²) in [6.45, 7) is 4.48. The molecule has 0 aliphatic heterocycles. The Hall–Kier alpha value is -0.870. The van der Waals surface area contributed by atoms with Gasteiger partial charge in [-0.2, -0.15) is 8.42 Å². The molecule has 4 heteroatoms. The molecule has 0 aliphatic carbocycles. The third-order valence-electron chi connectivity index (χ3n) is 5.15. The molecule has 1 aromatic rings. The van der Waals surface area contributed by atoms with Gasteiger partial charge in [0.15, 0.2) is 0 Å². The summed E-state index contributed by atoms with van der Waals surface area (Å²) < 4.78 is 27.1. The minimum absolute atomic E-state index is 0.119. The summed E-state index contributed by atoms with van der Waals surface area (Å²) >= 11 is 0. The average molecular weight is 383 g/mol. The van der Waals surface area contributed by atoms with Crippen molar-refractivity contribution in [1.82, 2.24) is 0 Å². The van der Waals surface area contributed by atoms with E-state index < -0.39 is 10.1 Å². The van der Waals surface area contributed by atoms with Crippen molar-refractivity contribution in [2.45, 2.75) is 90.4 Å². The van der Waals surface area contributed by atoms with Gasteiger partial charge in [0.05, 0.1) is 12.9 Å². The van der Waals surface area contributed by atoms with Gasteiger partial charge in [-0.15, -0.1) is 0 Å². The highest BCUT2D eigenvalue weighted by atomic mass is 32.2. The molecule has 0 aliphatic rings. The van der Waals surface area contributed by atoms with E-state index in [1.165, 1.54) is 69.6 Å². The lowest BCUT2D eigenvalue weighted by Crippen LogP contribution is -2.08. The number of unbranched alkanes of at least 4 members (excludes halogenated alkanes) is 7. The molecule has 0 saturated heterocycles. The molecular formula is C22H38O3S. The van der Waals surface area contributed by atoms with E-state index in [0.717, 1.165) is 12.8 Å². The predicted octanol–water partition coefficient (Wildman–Crippen LogP) is 6.23. The maximum atomic E-state index is 11.3. The van der Waals surface area contributed by atoms with Crippen LogP contribution in [0.3, 0.4) is 0 Å². The molecule has 0 spiro atoms. The van der Waals surface area contributed by atoms with E-state index in [1.54, 1.807) is 0 Å². The fraction of sp³-hybridized carbons (Fsp3) is 0.727. The SMILES string of the molecule is CCCCCCCCCc1ccc(C(C)CCCCS(=O)(=O)OC)cc1. The molecule has 150 valence electrons. The summed E-state index contributed by atoms with van der Waals surface area (Å²) in [4.78, 5) is 0. The number of hydrogen-bond acceptors (Lipinski definition) is 3. The molecular weight excluding hydrogens is 344 g/mol. The first-order valence-electron chi connectivity index (χ1n) is 10.4. The van der Waals surface area contributed by atoms with Gasteiger partial charge in [0.1, 0.15) is 0 Å². The van der Waals surface area contributed by atoms with Gasteiger partial charge < -0.3 is 0 Å². The largest absolute Gasteiger partial charge is 0.273 e. The van der Waals surface area contributed by atoms with E-state index in [0.29, 0.717) is 12.3 Å². The van der Waals surface area contributed by atoms with Gasteiger partial charge in [-0.25, -0.2) is 0 Å². The van der Waals surface area contributed by atoms with Gasteiger partial charge in [0.2, 0.25) is 0 Å². The van der Waals surface area contributed by atoms with Crippen LogP contribution < -0.4 is 0 Å². The number of rotatable bonds is 15. The maximum Gasteiger partial charge on any atom is 0.267 e. The first-order chi connectivity index (χ1) is 12.5. The highest BCUT2D eigenvalue weighted by Crippen LogP contribution is 2.22. The zero-order valence-electron chi connectivity index (χ0n) is 17.0. The Kier molecular flexibility index (Phi) is 11.9. The summed E-state index contributed by atoms with van der Waals surface area (Å²) in [5.74, 6) is 0.584. The van der Waals surface area contributed by atoms with Crippen LogP contribution in [0.25, 0.3) is 0 Å². The van der Waals surface area contributed by atoms with Gasteiger partial charge in [0.25, 0.3) is 10.1 Å². The zero-order valence-corrected chi connectivity index (χ0v) is 17.8. The van der Waals surface area contributed by atoms with Gasteiger partial charge in [-0.3, -0.25) is 4.18 Å². The van der Waals surface area contributed by atoms with Crippen molar-refractivity contribution in [3.63, 3.8) is 0 Å². The number of aryl methyl sites for hydroxylation is 1. The van der Waals surface area contributed by atoms with Gasteiger partial charge in [0, 0.05) is 0 Å². The molecule has 0 bridgehead atoms. The summed E-state index contributed by atoms with van der Waals surface area (Å²) in [5, 5.41) is 0. The van der Waals surface area contributed by atoms with Crippen LogP contribution in [-0.2, 0) is 20.7 Å². The Bertz CT molecular complexity index is 564. The predicted molar refractivity (Wildman–Crippen MR) is 111 cm³/mol. The van der Waals surface area contributed by atoms with E-state index in [4.69, 9.17) is 0 Å². The molecule has 0 heterocycles. The van der Waals surface area contributed by atoms with Crippen molar-refractivity contribution in [1.29, 1.82) is 0 Å². The molecule has 1 unspecified atom stereocenters. The van der Waals surface area contributed by atoms with E-state index in [2.05, 4.69) is 42.3 Å². The fourth-order valence-corrected chi connectivity index (χ4v) is 4.00. The Morgan fingerprint density at radius 1 is 0.885 bits per heavy atom. The van der Waals surface area contributed by atoms with Crippen LogP contribution in [0.2, 0.25) is 0 Å². The van der Waals surface area contributed by atoms with Crippen LogP contribution in [0.5, 0.6) is 0 Å². The molecule has 0 amide bonds. The Balaban J connectivity index is 2.22. The molecule has 0 fully saturated rings. The quantitative estimate of drug-likeness (QED) is 0.267. The first kappa shape index (κ1) is 23.2. The van der Waals surface area contributed by atoms with Crippen molar-refractivity contribution in [2.75, 3.05) is 12.9 Å². The summed E-state index contributed by atoms with van der Waals surface area (Å²) in [7, 11) is -2.08.